The fourth-order valence-corrected chi connectivity index (χ4v) is 1.84. The Morgan fingerprint density at radius 3 is 2.65 bits per heavy atom. The number of ketones is 1. The van der Waals surface area contributed by atoms with E-state index in [4.69, 9.17) is 16.3 Å². The van der Waals surface area contributed by atoms with E-state index in [1.807, 2.05) is 0 Å². The van der Waals surface area contributed by atoms with Crippen LogP contribution in [0.4, 0.5) is 0 Å². The molecule has 5 heteroatoms. The highest BCUT2D eigenvalue weighted by Crippen LogP contribution is 2.26. The summed E-state index contributed by atoms with van der Waals surface area (Å²) < 4.78 is 5.52. The maximum atomic E-state index is 11.6. The molecular weight excluding hydrogens is 307 g/mol. The zero-order valence-corrected chi connectivity index (χ0v) is 11.8. The number of hydrogen-bond acceptors (Lipinski definition) is 3. The molecule has 1 atom stereocenters. The van der Waals surface area contributed by atoms with E-state index < -0.39 is 11.3 Å². The number of carbonyl (C=O) groups excluding carboxylic acids is 2. The lowest BCUT2D eigenvalue weighted by molar-refractivity contribution is -0.116. The number of alkyl halides is 1. The molecule has 0 aliphatic rings. The second-order valence-corrected chi connectivity index (χ2v) is 4.72. The van der Waals surface area contributed by atoms with Crippen molar-refractivity contribution in [3.05, 3.63) is 33.8 Å². The van der Waals surface area contributed by atoms with E-state index in [9.17, 15) is 9.59 Å². The lowest BCUT2D eigenvalue weighted by Crippen LogP contribution is -2.08. The SMILES string of the molecule is CCOC(=O)c1cc(C(Cl)C(C)=O)ccc1Br. The Kier molecular flexibility index (Phi) is 5.15. The van der Waals surface area contributed by atoms with E-state index in [0.717, 1.165) is 0 Å². The maximum absolute atomic E-state index is 11.6. The molecule has 1 rings (SSSR count). The van der Waals surface area contributed by atoms with Crippen LogP contribution in [0.25, 0.3) is 0 Å². The average molecular weight is 320 g/mol. The summed E-state index contributed by atoms with van der Waals surface area (Å²) in [5.74, 6) is -0.600. The molecule has 0 aliphatic heterocycles. The van der Waals surface area contributed by atoms with Crippen molar-refractivity contribution in [1.82, 2.24) is 0 Å². The molecule has 1 aromatic rings. The Morgan fingerprint density at radius 1 is 1.47 bits per heavy atom. The van der Waals surface area contributed by atoms with Crippen LogP contribution in [0, 0.1) is 0 Å². The van der Waals surface area contributed by atoms with Gasteiger partial charge < -0.3 is 4.74 Å². The molecule has 0 saturated carbocycles. The molecular formula is C12H12BrClO3. The van der Waals surface area contributed by atoms with Crippen molar-refractivity contribution in [2.75, 3.05) is 6.61 Å². The van der Waals surface area contributed by atoms with Gasteiger partial charge in [0.15, 0.2) is 5.78 Å². The van der Waals surface area contributed by atoms with Crippen LogP contribution in [0.2, 0.25) is 0 Å². The second kappa shape index (κ2) is 6.17. The van der Waals surface area contributed by atoms with E-state index in [-0.39, 0.29) is 5.78 Å². The summed E-state index contributed by atoms with van der Waals surface area (Å²) in [7, 11) is 0. The standard InChI is InChI=1S/C12H12BrClO3/c1-3-17-12(16)9-6-8(4-5-10(9)13)11(14)7(2)15/h4-6,11H,3H2,1-2H3. The fraction of sp³-hybridized carbons (Fsp3) is 0.333. The van der Waals surface area contributed by atoms with Gasteiger partial charge in [0.25, 0.3) is 0 Å². The van der Waals surface area contributed by atoms with Crippen LogP contribution in [0.5, 0.6) is 0 Å². The molecule has 3 nitrogen and oxygen atoms in total. The summed E-state index contributed by atoms with van der Waals surface area (Å²) >= 11 is 9.19. The first-order valence-corrected chi connectivity index (χ1v) is 6.31. The Labute approximate surface area is 113 Å². The Bertz CT molecular complexity index is 445. The normalized spacial score (nSPS) is 12.0. The zero-order chi connectivity index (χ0) is 13.0. The van der Waals surface area contributed by atoms with Gasteiger partial charge >= 0.3 is 5.97 Å². The molecule has 1 unspecified atom stereocenters. The lowest BCUT2D eigenvalue weighted by Gasteiger charge is -2.09. The summed E-state index contributed by atoms with van der Waals surface area (Å²) in [4.78, 5) is 22.8. The summed E-state index contributed by atoms with van der Waals surface area (Å²) in [5, 5.41) is -0.740. The summed E-state index contributed by atoms with van der Waals surface area (Å²) in [6.45, 7) is 3.44. The minimum absolute atomic E-state index is 0.163. The Balaban J connectivity index is 3.10. The highest BCUT2D eigenvalue weighted by molar-refractivity contribution is 9.10. The first-order chi connectivity index (χ1) is 7.97. The molecule has 17 heavy (non-hydrogen) atoms. The van der Waals surface area contributed by atoms with Gasteiger partial charge in [-0.1, -0.05) is 6.07 Å². The number of benzene rings is 1. The van der Waals surface area contributed by atoms with Gasteiger partial charge in [0.05, 0.1) is 12.2 Å². The van der Waals surface area contributed by atoms with Crippen LogP contribution in [-0.4, -0.2) is 18.4 Å². The maximum Gasteiger partial charge on any atom is 0.339 e. The van der Waals surface area contributed by atoms with Gasteiger partial charge in [-0.3, -0.25) is 4.79 Å². The van der Waals surface area contributed by atoms with Crippen LogP contribution >= 0.6 is 27.5 Å². The number of ether oxygens (including phenoxy) is 1. The van der Waals surface area contributed by atoms with Crippen LogP contribution in [-0.2, 0) is 9.53 Å². The Hall–Kier alpha value is -0.870. The summed E-state index contributed by atoms with van der Waals surface area (Å²) in [6, 6.07) is 4.95. The van der Waals surface area contributed by atoms with Crippen molar-refractivity contribution in [3.63, 3.8) is 0 Å². The molecule has 0 saturated heterocycles. The number of halogens is 2. The van der Waals surface area contributed by atoms with Crippen molar-refractivity contribution in [3.8, 4) is 0 Å². The van der Waals surface area contributed by atoms with Crippen molar-refractivity contribution in [2.45, 2.75) is 19.2 Å². The molecule has 0 heterocycles. The van der Waals surface area contributed by atoms with Crippen molar-refractivity contribution >= 4 is 39.3 Å². The van der Waals surface area contributed by atoms with Crippen molar-refractivity contribution in [1.29, 1.82) is 0 Å². The number of esters is 1. The predicted octanol–water partition coefficient (Wildman–Crippen LogP) is 3.49. The molecule has 0 N–H and O–H groups in total. The van der Waals surface area contributed by atoms with Gasteiger partial charge in [-0.15, -0.1) is 11.6 Å². The van der Waals surface area contributed by atoms with Gasteiger partial charge in [-0.25, -0.2) is 4.79 Å². The molecule has 0 bridgehead atoms. The van der Waals surface area contributed by atoms with E-state index in [2.05, 4.69) is 15.9 Å². The van der Waals surface area contributed by atoms with Crippen molar-refractivity contribution in [2.24, 2.45) is 0 Å². The lowest BCUT2D eigenvalue weighted by atomic mass is 10.1. The monoisotopic (exact) mass is 318 g/mol. The van der Waals surface area contributed by atoms with Crippen LogP contribution in [0.3, 0.4) is 0 Å². The van der Waals surface area contributed by atoms with Crippen molar-refractivity contribution < 1.29 is 14.3 Å². The third-order valence-electron chi connectivity index (χ3n) is 2.14. The molecule has 0 aromatic heterocycles. The minimum atomic E-state index is -0.740. The van der Waals surface area contributed by atoms with Gasteiger partial charge in [-0.2, -0.15) is 0 Å². The van der Waals surface area contributed by atoms with E-state index in [1.165, 1.54) is 6.92 Å². The van der Waals surface area contributed by atoms with Gasteiger partial charge in [0, 0.05) is 4.47 Å². The largest absolute Gasteiger partial charge is 0.462 e. The topological polar surface area (TPSA) is 43.4 Å². The third kappa shape index (κ3) is 3.54. The average Bonchev–Trinajstić information content (AvgIpc) is 2.28. The first-order valence-electron chi connectivity index (χ1n) is 5.08. The highest BCUT2D eigenvalue weighted by Gasteiger charge is 2.17. The third-order valence-corrected chi connectivity index (χ3v) is 3.39. The van der Waals surface area contributed by atoms with Gasteiger partial charge in [0.2, 0.25) is 0 Å². The number of rotatable bonds is 4. The number of carbonyl (C=O) groups is 2. The smallest absolute Gasteiger partial charge is 0.339 e. The second-order valence-electron chi connectivity index (χ2n) is 3.43. The van der Waals surface area contributed by atoms with Crippen LogP contribution in [0.1, 0.15) is 35.1 Å². The molecule has 0 amide bonds. The molecule has 0 spiro atoms. The molecule has 0 fully saturated rings. The van der Waals surface area contributed by atoms with Gasteiger partial charge in [0.1, 0.15) is 5.38 Å². The summed E-state index contributed by atoms with van der Waals surface area (Å²) in [6.07, 6.45) is 0. The molecule has 0 radical (unpaired) electrons. The van der Waals surface area contributed by atoms with E-state index >= 15 is 0 Å². The summed E-state index contributed by atoms with van der Waals surface area (Å²) in [5.41, 5.74) is 0.960. The predicted molar refractivity (Wildman–Crippen MR) is 69.4 cm³/mol. The van der Waals surface area contributed by atoms with Crippen LogP contribution < -0.4 is 0 Å². The number of Topliss-reactive ketones (excluding diaryl/α,β-unsaturated/α-hetero) is 1. The first kappa shape index (κ1) is 14.2. The minimum Gasteiger partial charge on any atom is -0.462 e. The Morgan fingerprint density at radius 2 is 2.12 bits per heavy atom. The molecule has 92 valence electrons. The fourth-order valence-electron chi connectivity index (χ4n) is 1.30. The zero-order valence-electron chi connectivity index (χ0n) is 9.50. The number of hydrogen-bond donors (Lipinski definition) is 0. The molecule has 0 aliphatic carbocycles. The quantitative estimate of drug-likeness (QED) is 0.630. The van der Waals surface area contributed by atoms with E-state index in [0.29, 0.717) is 22.2 Å². The molecule has 1 aromatic carbocycles. The highest BCUT2D eigenvalue weighted by atomic mass is 79.9. The van der Waals surface area contributed by atoms with Gasteiger partial charge in [-0.05, 0) is 47.5 Å². The van der Waals surface area contributed by atoms with Crippen LogP contribution in [0.15, 0.2) is 22.7 Å². The van der Waals surface area contributed by atoms with E-state index in [1.54, 1.807) is 25.1 Å².